The number of thiazole rings is 1. The average Bonchev–Trinajstić information content (AvgIpc) is 3.34. The maximum absolute atomic E-state index is 13.3. The number of thiophene rings is 1. The summed E-state index contributed by atoms with van der Waals surface area (Å²) < 4.78 is 0.994. The minimum Gasteiger partial charge on any atom is -0.277 e. The predicted molar refractivity (Wildman–Crippen MR) is 115 cm³/mol. The van der Waals surface area contributed by atoms with Gasteiger partial charge < -0.3 is 0 Å². The highest BCUT2D eigenvalue weighted by Gasteiger charge is 2.25. The maximum atomic E-state index is 13.3. The molecular formula is C20H16N4O3S2. The third kappa shape index (κ3) is 3.87. The zero-order chi connectivity index (χ0) is 20.5. The van der Waals surface area contributed by atoms with Gasteiger partial charge >= 0.3 is 5.00 Å². The summed E-state index contributed by atoms with van der Waals surface area (Å²) in [5, 5.41) is 11.5. The lowest BCUT2D eigenvalue weighted by Crippen LogP contribution is -2.30. The minimum absolute atomic E-state index is 0.0677. The number of carbonyl (C=O) groups is 1. The van der Waals surface area contributed by atoms with Gasteiger partial charge in [-0.15, -0.1) is 0 Å². The molecule has 0 saturated carbocycles. The summed E-state index contributed by atoms with van der Waals surface area (Å²) in [4.78, 5) is 34.7. The van der Waals surface area contributed by atoms with Crippen LogP contribution in [0, 0.1) is 24.0 Å². The lowest BCUT2D eigenvalue weighted by molar-refractivity contribution is -0.380. The molecule has 0 atom stereocenters. The van der Waals surface area contributed by atoms with Crippen molar-refractivity contribution in [2.75, 3.05) is 4.90 Å². The lowest BCUT2D eigenvalue weighted by Gasteiger charge is -2.18. The van der Waals surface area contributed by atoms with Crippen LogP contribution < -0.4 is 4.90 Å². The fourth-order valence-corrected chi connectivity index (χ4v) is 4.94. The van der Waals surface area contributed by atoms with Crippen molar-refractivity contribution in [2.45, 2.75) is 20.4 Å². The number of rotatable bonds is 5. The Morgan fingerprint density at radius 2 is 2.00 bits per heavy atom. The summed E-state index contributed by atoms with van der Waals surface area (Å²) in [6.45, 7) is 4.24. The van der Waals surface area contributed by atoms with E-state index in [1.54, 1.807) is 6.20 Å². The standard InChI is InChI=1S/C20H16N4O3S2/c1-12-9-13(2)18-16(10-12)29-20(22-18)23(11-14-5-3-4-8-21-14)19(25)15-6-7-17(28-15)24(26)27/h3-10H,11H2,1-2H3. The molecule has 0 saturated heterocycles. The third-order valence-electron chi connectivity index (χ3n) is 4.32. The summed E-state index contributed by atoms with van der Waals surface area (Å²) in [6, 6.07) is 12.4. The van der Waals surface area contributed by atoms with Gasteiger partial charge in [-0.2, -0.15) is 0 Å². The van der Waals surface area contributed by atoms with Crippen LogP contribution in [0.5, 0.6) is 0 Å². The zero-order valence-corrected chi connectivity index (χ0v) is 17.3. The zero-order valence-electron chi connectivity index (χ0n) is 15.7. The van der Waals surface area contributed by atoms with Crippen LogP contribution in [0.25, 0.3) is 10.2 Å². The molecule has 9 heteroatoms. The first-order chi connectivity index (χ1) is 13.9. The Bertz CT molecular complexity index is 1220. The molecule has 7 nitrogen and oxygen atoms in total. The number of anilines is 1. The smallest absolute Gasteiger partial charge is 0.277 e. The summed E-state index contributed by atoms with van der Waals surface area (Å²) in [6.07, 6.45) is 1.67. The highest BCUT2D eigenvalue weighted by molar-refractivity contribution is 7.22. The molecule has 0 aliphatic carbocycles. The predicted octanol–water partition coefficient (Wildman–Crippen LogP) is 5.12. The van der Waals surface area contributed by atoms with E-state index in [1.807, 2.05) is 38.1 Å². The second kappa shape index (κ2) is 7.69. The second-order valence-electron chi connectivity index (χ2n) is 6.53. The Balaban J connectivity index is 1.78. The van der Waals surface area contributed by atoms with Crippen molar-refractivity contribution in [1.29, 1.82) is 0 Å². The van der Waals surface area contributed by atoms with E-state index >= 15 is 0 Å². The van der Waals surface area contributed by atoms with E-state index < -0.39 is 4.92 Å². The molecule has 0 unspecified atom stereocenters. The van der Waals surface area contributed by atoms with Crippen LogP contribution in [0.4, 0.5) is 10.1 Å². The van der Waals surface area contributed by atoms with Crippen LogP contribution in [0.15, 0.2) is 48.7 Å². The normalized spacial score (nSPS) is 11.0. The number of carbonyl (C=O) groups excluding carboxylic acids is 1. The number of pyridine rings is 1. The molecule has 0 bridgehead atoms. The van der Waals surface area contributed by atoms with E-state index in [-0.39, 0.29) is 17.5 Å². The van der Waals surface area contributed by atoms with Crippen molar-refractivity contribution in [2.24, 2.45) is 0 Å². The summed E-state index contributed by atoms with van der Waals surface area (Å²) in [7, 11) is 0. The Morgan fingerprint density at radius 3 is 2.69 bits per heavy atom. The molecule has 4 aromatic rings. The van der Waals surface area contributed by atoms with E-state index in [0.29, 0.717) is 15.7 Å². The lowest BCUT2D eigenvalue weighted by atomic mass is 10.1. The van der Waals surface area contributed by atoms with E-state index in [4.69, 9.17) is 4.98 Å². The fourth-order valence-electron chi connectivity index (χ4n) is 3.03. The molecule has 146 valence electrons. The quantitative estimate of drug-likeness (QED) is 0.327. The number of nitrogens with zero attached hydrogens (tertiary/aromatic N) is 4. The molecular weight excluding hydrogens is 408 g/mol. The van der Waals surface area contributed by atoms with Gasteiger partial charge in [-0.3, -0.25) is 24.8 Å². The molecule has 0 radical (unpaired) electrons. The molecule has 3 heterocycles. The van der Waals surface area contributed by atoms with Crippen molar-refractivity contribution in [3.63, 3.8) is 0 Å². The highest BCUT2D eigenvalue weighted by Crippen LogP contribution is 2.34. The van der Waals surface area contributed by atoms with Gasteiger partial charge in [0, 0.05) is 12.3 Å². The number of aromatic nitrogens is 2. The van der Waals surface area contributed by atoms with Crippen molar-refractivity contribution < 1.29 is 9.72 Å². The Morgan fingerprint density at radius 1 is 1.17 bits per heavy atom. The molecule has 0 fully saturated rings. The first kappa shape index (κ1) is 19.2. The van der Waals surface area contributed by atoms with Crippen LogP contribution in [-0.2, 0) is 6.54 Å². The first-order valence-electron chi connectivity index (χ1n) is 8.76. The Hall–Kier alpha value is -3.17. The number of amides is 1. The average molecular weight is 425 g/mol. The molecule has 29 heavy (non-hydrogen) atoms. The molecule has 1 aromatic carbocycles. The fraction of sp³-hybridized carbons (Fsp3) is 0.150. The number of fused-ring (bicyclic) bond motifs is 1. The van der Waals surface area contributed by atoms with Crippen molar-refractivity contribution in [3.8, 4) is 0 Å². The topological polar surface area (TPSA) is 89.2 Å². The summed E-state index contributed by atoms with van der Waals surface area (Å²) in [5.74, 6) is -0.331. The van der Waals surface area contributed by atoms with Gasteiger partial charge in [0.1, 0.15) is 0 Å². The molecule has 3 aromatic heterocycles. The first-order valence-corrected chi connectivity index (χ1v) is 10.4. The van der Waals surface area contributed by atoms with Gasteiger partial charge in [0.2, 0.25) is 0 Å². The molecule has 0 spiro atoms. The number of hydrogen-bond acceptors (Lipinski definition) is 7. The van der Waals surface area contributed by atoms with Crippen molar-refractivity contribution in [3.05, 3.63) is 80.5 Å². The number of benzene rings is 1. The van der Waals surface area contributed by atoms with Gasteiger partial charge in [-0.05, 0) is 49.2 Å². The van der Waals surface area contributed by atoms with E-state index in [2.05, 4.69) is 11.1 Å². The number of aryl methyl sites for hydroxylation is 2. The van der Waals surface area contributed by atoms with Crippen molar-refractivity contribution >= 4 is 48.9 Å². The maximum Gasteiger partial charge on any atom is 0.324 e. The second-order valence-corrected chi connectivity index (χ2v) is 8.60. The van der Waals surface area contributed by atoms with E-state index in [1.165, 1.54) is 28.4 Å². The highest BCUT2D eigenvalue weighted by atomic mass is 32.1. The Labute approximate surface area is 174 Å². The van der Waals surface area contributed by atoms with Gasteiger partial charge in [0.25, 0.3) is 5.91 Å². The van der Waals surface area contributed by atoms with Gasteiger partial charge in [-0.25, -0.2) is 4.98 Å². The molecule has 1 amide bonds. The number of nitro groups is 1. The molecule has 4 rings (SSSR count). The van der Waals surface area contributed by atoms with Crippen molar-refractivity contribution in [1.82, 2.24) is 9.97 Å². The SMILES string of the molecule is Cc1cc(C)c2nc(N(Cc3ccccn3)C(=O)c3ccc([N+](=O)[O-])s3)sc2c1. The Kier molecular flexibility index (Phi) is 5.08. The third-order valence-corrected chi connectivity index (χ3v) is 6.37. The van der Waals surface area contributed by atoms with Crippen LogP contribution in [-0.4, -0.2) is 20.8 Å². The summed E-state index contributed by atoms with van der Waals surface area (Å²) in [5.41, 5.74) is 3.73. The van der Waals surface area contributed by atoms with Crippen LogP contribution in [0.2, 0.25) is 0 Å². The molecule has 0 aliphatic heterocycles. The van der Waals surface area contributed by atoms with Crippen LogP contribution in [0.1, 0.15) is 26.5 Å². The van der Waals surface area contributed by atoms with Crippen LogP contribution in [0.3, 0.4) is 0 Å². The number of hydrogen-bond donors (Lipinski definition) is 0. The van der Waals surface area contributed by atoms with E-state index in [0.717, 1.165) is 32.7 Å². The summed E-state index contributed by atoms with van der Waals surface area (Å²) >= 11 is 2.29. The van der Waals surface area contributed by atoms with Crippen LogP contribution >= 0.6 is 22.7 Å². The van der Waals surface area contributed by atoms with E-state index in [9.17, 15) is 14.9 Å². The van der Waals surface area contributed by atoms with Gasteiger partial charge in [0.15, 0.2) is 5.13 Å². The largest absolute Gasteiger partial charge is 0.324 e. The van der Waals surface area contributed by atoms with Gasteiger partial charge in [-0.1, -0.05) is 34.8 Å². The monoisotopic (exact) mass is 424 g/mol. The molecule has 0 aliphatic rings. The molecule has 0 N–H and O–H groups in total. The minimum atomic E-state index is -0.492. The van der Waals surface area contributed by atoms with Gasteiger partial charge in [0.05, 0.1) is 32.3 Å².